The van der Waals surface area contributed by atoms with Gasteiger partial charge in [-0.25, -0.2) is 9.07 Å². The number of carbonyl (C=O) groups excluding carboxylic acids is 1. The highest BCUT2D eigenvalue weighted by atomic mass is 35.5. The Bertz CT molecular complexity index is 1370. The van der Waals surface area contributed by atoms with Crippen molar-refractivity contribution in [2.24, 2.45) is 0 Å². The second-order valence-corrected chi connectivity index (χ2v) is 9.60. The predicted molar refractivity (Wildman–Crippen MR) is 137 cm³/mol. The SMILES string of the molecule is CC1=C(c2cccc(Cl)c2)n2ncc(C#N)c2N(C(=O)CN2CCN(Cc3ccccc3F)CC2)C1. The van der Waals surface area contributed by atoms with Gasteiger partial charge in [-0.05, 0) is 30.7 Å². The van der Waals surface area contributed by atoms with Crippen molar-refractivity contribution in [3.05, 3.63) is 87.8 Å². The number of hydrogen-bond acceptors (Lipinski definition) is 5. The Balaban J connectivity index is 1.30. The molecule has 0 saturated carbocycles. The van der Waals surface area contributed by atoms with E-state index in [1.165, 1.54) is 12.3 Å². The zero-order valence-corrected chi connectivity index (χ0v) is 20.7. The zero-order valence-electron chi connectivity index (χ0n) is 20.0. The van der Waals surface area contributed by atoms with E-state index in [0.717, 1.165) is 29.9 Å². The molecule has 5 rings (SSSR count). The van der Waals surface area contributed by atoms with E-state index < -0.39 is 0 Å². The monoisotopic (exact) mass is 504 g/mol. The molecule has 3 heterocycles. The van der Waals surface area contributed by atoms with Crippen molar-refractivity contribution in [1.82, 2.24) is 19.6 Å². The maximum absolute atomic E-state index is 14.0. The number of aromatic nitrogens is 2. The smallest absolute Gasteiger partial charge is 0.242 e. The van der Waals surface area contributed by atoms with Gasteiger partial charge in [0.15, 0.2) is 5.82 Å². The summed E-state index contributed by atoms with van der Waals surface area (Å²) in [7, 11) is 0. The summed E-state index contributed by atoms with van der Waals surface area (Å²) in [6.07, 6.45) is 1.50. The Labute approximate surface area is 214 Å². The normalized spacial score (nSPS) is 16.7. The van der Waals surface area contributed by atoms with Gasteiger partial charge < -0.3 is 0 Å². The molecule has 1 saturated heterocycles. The highest BCUT2D eigenvalue weighted by Gasteiger charge is 2.32. The van der Waals surface area contributed by atoms with Crippen LogP contribution in [0.2, 0.25) is 5.02 Å². The fraction of sp³-hybridized carbons (Fsp3) is 0.296. The molecule has 0 radical (unpaired) electrons. The average Bonchev–Trinajstić information content (AvgIpc) is 3.30. The molecule has 0 bridgehead atoms. The van der Waals surface area contributed by atoms with Crippen LogP contribution in [0.15, 0.2) is 60.3 Å². The molecule has 0 aliphatic carbocycles. The van der Waals surface area contributed by atoms with Gasteiger partial charge in [0.1, 0.15) is 17.4 Å². The Morgan fingerprint density at radius 2 is 1.86 bits per heavy atom. The first kappa shape index (κ1) is 24.2. The first-order valence-electron chi connectivity index (χ1n) is 11.9. The maximum Gasteiger partial charge on any atom is 0.242 e. The molecule has 9 heteroatoms. The molecule has 36 heavy (non-hydrogen) atoms. The lowest BCUT2D eigenvalue weighted by Crippen LogP contribution is -2.50. The molecule has 0 N–H and O–H groups in total. The summed E-state index contributed by atoms with van der Waals surface area (Å²) in [5, 5.41) is 14.8. The van der Waals surface area contributed by atoms with Gasteiger partial charge in [-0.15, -0.1) is 0 Å². The van der Waals surface area contributed by atoms with Gasteiger partial charge in [-0.3, -0.25) is 19.5 Å². The second kappa shape index (κ2) is 10.2. The van der Waals surface area contributed by atoms with E-state index in [9.17, 15) is 14.4 Å². The molecular formula is C27H26ClFN6O. The van der Waals surface area contributed by atoms with Crippen molar-refractivity contribution in [3.8, 4) is 6.07 Å². The first-order valence-corrected chi connectivity index (χ1v) is 12.2. The summed E-state index contributed by atoms with van der Waals surface area (Å²) < 4.78 is 15.7. The molecule has 1 fully saturated rings. The van der Waals surface area contributed by atoms with Gasteiger partial charge >= 0.3 is 0 Å². The molecule has 2 aliphatic heterocycles. The van der Waals surface area contributed by atoms with Crippen LogP contribution in [0.3, 0.4) is 0 Å². The lowest BCUT2D eigenvalue weighted by Gasteiger charge is -2.36. The Hall–Kier alpha value is -3.51. The van der Waals surface area contributed by atoms with Gasteiger partial charge in [0.05, 0.1) is 25.0 Å². The van der Waals surface area contributed by atoms with Gasteiger partial charge in [0.25, 0.3) is 0 Å². The highest BCUT2D eigenvalue weighted by Crippen LogP contribution is 2.35. The van der Waals surface area contributed by atoms with Crippen LogP contribution in [0.4, 0.5) is 10.2 Å². The van der Waals surface area contributed by atoms with Gasteiger partial charge in [0, 0.05) is 48.9 Å². The number of anilines is 1. The summed E-state index contributed by atoms with van der Waals surface area (Å²) in [6.45, 7) is 6.05. The number of halogens is 2. The van der Waals surface area contributed by atoms with E-state index in [1.54, 1.807) is 21.7 Å². The number of amides is 1. The summed E-state index contributed by atoms with van der Waals surface area (Å²) >= 11 is 6.23. The average molecular weight is 505 g/mol. The molecule has 2 aromatic carbocycles. The van der Waals surface area contributed by atoms with Crippen molar-refractivity contribution >= 4 is 29.0 Å². The standard InChI is InChI=1S/C27H26ClFN6O/c1-19-16-34(27-22(14-30)15-31-35(27)26(19)20-6-4-7-23(28)13-20)25(36)18-33-11-9-32(10-12-33)17-21-5-2-3-8-24(21)29/h2-8,13,15H,9-12,16-18H2,1H3. The predicted octanol–water partition coefficient (Wildman–Crippen LogP) is 3.99. The minimum atomic E-state index is -0.189. The molecule has 1 aromatic heterocycles. The van der Waals surface area contributed by atoms with E-state index in [0.29, 0.717) is 48.1 Å². The molecule has 184 valence electrons. The molecule has 0 unspecified atom stereocenters. The van der Waals surface area contributed by atoms with Crippen molar-refractivity contribution in [2.45, 2.75) is 13.5 Å². The number of carbonyl (C=O) groups is 1. The fourth-order valence-corrected chi connectivity index (χ4v) is 5.06. The fourth-order valence-electron chi connectivity index (χ4n) is 4.87. The lowest BCUT2D eigenvalue weighted by atomic mass is 10.0. The number of hydrogen-bond donors (Lipinski definition) is 0. The third-order valence-electron chi connectivity index (χ3n) is 6.71. The summed E-state index contributed by atoms with van der Waals surface area (Å²) in [4.78, 5) is 19.4. The number of nitrogens with zero attached hydrogens (tertiary/aromatic N) is 6. The molecular weight excluding hydrogens is 479 g/mol. The molecule has 3 aromatic rings. The van der Waals surface area contributed by atoms with Crippen LogP contribution in [0, 0.1) is 17.1 Å². The topological polar surface area (TPSA) is 68.4 Å². The minimum absolute atomic E-state index is 0.0831. The first-order chi connectivity index (χ1) is 17.4. The minimum Gasteiger partial charge on any atom is -0.296 e. The largest absolute Gasteiger partial charge is 0.296 e. The number of benzene rings is 2. The van der Waals surface area contributed by atoms with Gasteiger partial charge in [-0.2, -0.15) is 10.4 Å². The third-order valence-corrected chi connectivity index (χ3v) is 6.94. The Morgan fingerprint density at radius 1 is 1.11 bits per heavy atom. The van der Waals surface area contributed by atoms with Crippen molar-refractivity contribution < 1.29 is 9.18 Å². The molecule has 0 atom stereocenters. The maximum atomic E-state index is 14.0. The van der Waals surface area contributed by atoms with Crippen LogP contribution in [-0.2, 0) is 11.3 Å². The van der Waals surface area contributed by atoms with Crippen LogP contribution in [0.5, 0.6) is 0 Å². The number of rotatable bonds is 5. The van der Waals surface area contributed by atoms with Crippen LogP contribution >= 0.6 is 11.6 Å². The van der Waals surface area contributed by atoms with Crippen LogP contribution < -0.4 is 4.90 Å². The third kappa shape index (κ3) is 4.78. The summed E-state index contributed by atoms with van der Waals surface area (Å²) in [6, 6.07) is 16.5. The highest BCUT2D eigenvalue weighted by molar-refractivity contribution is 6.30. The van der Waals surface area contributed by atoms with Crippen LogP contribution in [-0.4, -0.2) is 64.8 Å². The second-order valence-electron chi connectivity index (χ2n) is 9.17. The Morgan fingerprint density at radius 3 is 2.58 bits per heavy atom. The van der Waals surface area contributed by atoms with Crippen LogP contribution in [0.1, 0.15) is 23.6 Å². The van der Waals surface area contributed by atoms with Crippen LogP contribution in [0.25, 0.3) is 5.70 Å². The molecule has 7 nitrogen and oxygen atoms in total. The van der Waals surface area contributed by atoms with E-state index >= 15 is 0 Å². The number of fused-ring (bicyclic) bond motifs is 1. The van der Waals surface area contributed by atoms with E-state index in [1.807, 2.05) is 37.3 Å². The summed E-state index contributed by atoms with van der Waals surface area (Å²) in [5.41, 5.74) is 3.71. The number of nitriles is 1. The van der Waals surface area contributed by atoms with E-state index in [4.69, 9.17) is 11.6 Å². The molecule has 1 amide bonds. The summed E-state index contributed by atoms with van der Waals surface area (Å²) in [5.74, 6) is 0.215. The quantitative estimate of drug-likeness (QED) is 0.525. The molecule has 0 spiro atoms. The molecule has 2 aliphatic rings. The van der Waals surface area contributed by atoms with Gasteiger partial charge in [0.2, 0.25) is 5.91 Å². The van der Waals surface area contributed by atoms with E-state index in [-0.39, 0.29) is 18.3 Å². The van der Waals surface area contributed by atoms with E-state index in [2.05, 4.69) is 21.0 Å². The van der Waals surface area contributed by atoms with Crippen molar-refractivity contribution in [1.29, 1.82) is 5.26 Å². The van der Waals surface area contributed by atoms with Crippen molar-refractivity contribution in [3.63, 3.8) is 0 Å². The van der Waals surface area contributed by atoms with Crippen molar-refractivity contribution in [2.75, 3.05) is 44.2 Å². The number of piperazine rings is 1. The lowest BCUT2D eigenvalue weighted by molar-refractivity contribution is -0.120. The van der Waals surface area contributed by atoms with Gasteiger partial charge in [-0.1, -0.05) is 41.9 Å². The zero-order chi connectivity index (χ0) is 25.2. The Kier molecular flexibility index (Phi) is 6.88.